The predicted octanol–water partition coefficient (Wildman–Crippen LogP) is 1.73. The van der Waals surface area contributed by atoms with Crippen molar-refractivity contribution in [2.45, 2.75) is 49.8 Å². The Morgan fingerprint density at radius 2 is 2.24 bits per heavy atom. The van der Waals surface area contributed by atoms with Crippen LogP contribution in [0.15, 0.2) is 17.2 Å². The SMILES string of the molecule is CCn1cc(S(=O)(=O)Cl)cc1C(=O)NC1CCCC1OC. The van der Waals surface area contributed by atoms with Crippen LogP contribution in [0.25, 0.3) is 0 Å². The first kappa shape index (κ1) is 16.3. The van der Waals surface area contributed by atoms with Gasteiger partial charge in [0.15, 0.2) is 0 Å². The zero-order chi connectivity index (χ0) is 15.6. The first-order chi connectivity index (χ1) is 9.86. The average Bonchev–Trinajstić information content (AvgIpc) is 3.03. The van der Waals surface area contributed by atoms with Gasteiger partial charge in [0.1, 0.15) is 10.6 Å². The number of methoxy groups -OCH3 is 1. The molecule has 1 heterocycles. The molecule has 0 bridgehead atoms. The molecule has 8 heteroatoms. The summed E-state index contributed by atoms with van der Waals surface area (Å²) in [7, 11) is 3.11. The molecule has 0 aromatic carbocycles. The molecular formula is C13H19ClN2O4S. The minimum Gasteiger partial charge on any atom is -0.379 e. The lowest BCUT2D eigenvalue weighted by Crippen LogP contribution is -2.41. The van der Waals surface area contributed by atoms with Crippen LogP contribution in [0.5, 0.6) is 0 Å². The quantitative estimate of drug-likeness (QED) is 0.832. The van der Waals surface area contributed by atoms with E-state index < -0.39 is 9.05 Å². The fourth-order valence-electron chi connectivity index (χ4n) is 2.68. The number of hydrogen-bond donors (Lipinski definition) is 1. The van der Waals surface area contributed by atoms with E-state index in [1.807, 2.05) is 6.92 Å². The van der Waals surface area contributed by atoms with Gasteiger partial charge in [-0.1, -0.05) is 0 Å². The number of nitrogens with zero attached hydrogens (tertiary/aromatic N) is 1. The Kier molecular flexibility index (Phi) is 4.95. The minimum atomic E-state index is -3.84. The molecule has 0 spiro atoms. The van der Waals surface area contributed by atoms with E-state index in [4.69, 9.17) is 15.4 Å². The van der Waals surface area contributed by atoms with E-state index in [0.29, 0.717) is 12.2 Å². The van der Waals surface area contributed by atoms with Gasteiger partial charge < -0.3 is 14.6 Å². The van der Waals surface area contributed by atoms with E-state index in [-0.39, 0.29) is 22.9 Å². The summed E-state index contributed by atoms with van der Waals surface area (Å²) in [5.74, 6) is -0.308. The Morgan fingerprint density at radius 1 is 1.52 bits per heavy atom. The maximum Gasteiger partial charge on any atom is 0.268 e. The first-order valence-corrected chi connectivity index (χ1v) is 9.16. The molecule has 2 unspecified atom stereocenters. The summed E-state index contributed by atoms with van der Waals surface area (Å²) < 4.78 is 29.7. The third kappa shape index (κ3) is 3.59. The lowest BCUT2D eigenvalue weighted by molar-refractivity contribution is 0.0717. The number of halogens is 1. The summed E-state index contributed by atoms with van der Waals surface area (Å²) in [5.41, 5.74) is 0.290. The van der Waals surface area contributed by atoms with Crippen molar-refractivity contribution >= 4 is 25.6 Å². The number of aromatic nitrogens is 1. The zero-order valence-electron chi connectivity index (χ0n) is 12.0. The monoisotopic (exact) mass is 334 g/mol. The molecule has 0 radical (unpaired) electrons. The standard InChI is InChI=1S/C13H19ClN2O4S/c1-3-16-8-9(21(14,18)19)7-11(16)13(17)15-10-5-4-6-12(10)20-2/h7-8,10,12H,3-6H2,1-2H3,(H,15,17). The van der Waals surface area contributed by atoms with E-state index >= 15 is 0 Å². The number of carbonyl (C=O) groups is 1. The molecule has 1 aliphatic rings. The number of ether oxygens (including phenoxy) is 1. The van der Waals surface area contributed by atoms with Gasteiger partial charge in [0.05, 0.1) is 12.1 Å². The Bertz CT molecular complexity index is 626. The van der Waals surface area contributed by atoms with Crippen LogP contribution in [-0.4, -0.2) is 38.1 Å². The molecule has 1 saturated carbocycles. The second-order valence-electron chi connectivity index (χ2n) is 5.07. The highest BCUT2D eigenvalue weighted by atomic mass is 35.7. The molecule has 118 valence electrons. The first-order valence-electron chi connectivity index (χ1n) is 6.85. The van der Waals surface area contributed by atoms with Gasteiger partial charge in [-0.15, -0.1) is 0 Å². The molecule has 0 aliphatic heterocycles. The number of rotatable bonds is 5. The van der Waals surface area contributed by atoms with Crippen molar-refractivity contribution in [2.75, 3.05) is 7.11 Å². The van der Waals surface area contributed by atoms with Crippen molar-refractivity contribution in [1.29, 1.82) is 0 Å². The maximum atomic E-state index is 12.4. The van der Waals surface area contributed by atoms with Gasteiger partial charge in [0.25, 0.3) is 15.0 Å². The summed E-state index contributed by atoms with van der Waals surface area (Å²) in [6.07, 6.45) is 4.16. The van der Waals surface area contributed by atoms with Crippen molar-refractivity contribution in [3.63, 3.8) is 0 Å². The Balaban J connectivity index is 2.21. The van der Waals surface area contributed by atoms with Crippen molar-refractivity contribution in [3.05, 3.63) is 18.0 Å². The lowest BCUT2D eigenvalue weighted by atomic mass is 10.2. The number of amides is 1. The second-order valence-corrected chi connectivity index (χ2v) is 7.64. The number of aryl methyl sites for hydroxylation is 1. The topological polar surface area (TPSA) is 77.4 Å². The normalized spacial score (nSPS) is 22.4. The van der Waals surface area contributed by atoms with Crippen LogP contribution < -0.4 is 5.32 Å². The summed E-state index contributed by atoms with van der Waals surface area (Å²) in [6.45, 7) is 2.31. The fraction of sp³-hybridized carbons (Fsp3) is 0.615. The molecule has 2 rings (SSSR count). The molecule has 1 aromatic heterocycles. The van der Waals surface area contributed by atoms with E-state index in [1.54, 1.807) is 11.7 Å². The van der Waals surface area contributed by atoms with Crippen molar-refractivity contribution in [3.8, 4) is 0 Å². The maximum absolute atomic E-state index is 12.4. The number of hydrogen-bond acceptors (Lipinski definition) is 4. The van der Waals surface area contributed by atoms with E-state index in [9.17, 15) is 13.2 Å². The highest BCUT2D eigenvalue weighted by Gasteiger charge is 2.29. The molecule has 21 heavy (non-hydrogen) atoms. The van der Waals surface area contributed by atoms with Gasteiger partial charge in [-0.05, 0) is 32.3 Å². The second kappa shape index (κ2) is 6.37. The Labute approximate surface area is 128 Å². The van der Waals surface area contributed by atoms with Gasteiger partial charge in [0.2, 0.25) is 0 Å². The molecule has 1 fully saturated rings. The van der Waals surface area contributed by atoms with Crippen LogP contribution in [0.4, 0.5) is 0 Å². The Morgan fingerprint density at radius 3 is 2.81 bits per heavy atom. The molecule has 1 amide bonds. The van der Waals surface area contributed by atoms with Gasteiger partial charge in [-0.2, -0.15) is 0 Å². The highest BCUT2D eigenvalue weighted by molar-refractivity contribution is 8.13. The zero-order valence-corrected chi connectivity index (χ0v) is 13.6. The van der Waals surface area contributed by atoms with Crippen LogP contribution in [0.1, 0.15) is 36.7 Å². The van der Waals surface area contributed by atoms with Crippen LogP contribution in [0.2, 0.25) is 0 Å². The largest absolute Gasteiger partial charge is 0.379 e. The van der Waals surface area contributed by atoms with Gasteiger partial charge in [-0.3, -0.25) is 4.79 Å². The van der Waals surface area contributed by atoms with Crippen molar-refractivity contribution < 1.29 is 17.9 Å². The molecular weight excluding hydrogens is 316 g/mol. The molecule has 1 aromatic rings. The molecule has 2 atom stereocenters. The van der Waals surface area contributed by atoms with Crippen molar-refractivity contribution in [1.82, 2.24) is 9.88 Å². The third-order valence-corrected chi connectivity index (χ3v) is 5.12. The summed E-state index contributed by atoms with van der Waals surface area (Å²) in [4.78, 5) is 12.3. The summed E-state index contributed by atoms with van der Waals surface area (Å²) in [5, 5.41) is 2.91. The van der Waals surface area contributed by atoms with Gasteiger partial charge >= 0.3 is 0 Å². The smallest absolute Gasteiger partial charge is 0.268 e. The number of nitrogens with one attached hydrogen (secondary N) is 1. The van der Waals surface area contributed by atoms with Gasteiger partial charge in [-0.25, -0.2) is 8.42 Å². The molecule has 0 saturated heterocycles. The van der Waals surface area contributed by atoms with Crippen LogP contribution >= 0.6 is 10.7 Å². The van der Waals surface area contributed by atoms with E-state index in [2.05, 4.69) is 5.32 Å². The molecule has 1 aliphatic carbocycles. The van der Waals surface area contributed by atoms with Crippen LogP contribution in [0.3, 0.4) is 0 Å². The summed E-state index contributed by atoms with van der Waals surface area (Å²) in [6, 6.07) is 1.26. The minimum absolute atomic E-state index is 0.00946. The molecule has 6 nitrogen and oxygen atoms in total. The third-order valence-electron chi connectivity index (χ3n) is 3.80. The van der Waals surface area contributed by atoms with Crippen molar-refractivity contribution in [2.24, 2.45) is 0 Å². The lowest BCUT2D eigenvalue weighted by Gasteiger charge is -2.19. The number of carbonyl (C=O) groups excluding carboxylic acids is 1. The predicted molar refractivity (Wildman–Crippen MR) is 79.0 cm³/mol. The Hall–Kier alpha value is -1.05. The fourth-order valence-corrected chi connectivity index (χ4v) is 3.44. The van der Waals surface area contributed by atoms with Crippen LogP contribution in [-0.2, 0) is 20.3 Å². The highest BCUT2D eigenvalue weighted by Crippen LogP contribution is 2.23. The summed E-state index contributed by atoms with van der Waals surface area (Å²) >= 11 is 0. The average molecular weight is 335 g/mol. The van der Waals surface area contributed by atoms with E-state index in [1.165, 1.54) is 12.3 Å². The van der Waals surface area contributed by atoms with E-state index in [0.717, 1.165) is 19.3 Å². The van der Waals surface area contributed by atoms with Crippen LogP contribution in [0, 0.1) is 0 Å². The molecule has 1 N–H and O–H groups in total. The van der Waals surface area contributed by atoms with Gasteiger partial charge in [0, 0.05) is 30.5 Å².